The Labute approximate surface area is 153 Å². The second kappa shape index (κ2) is 4.70. The predicted octanol–water partition coefficient (Wildman–Crippen LogP) is 5.73. The third-order valence-electron chi connectivity index (χ3n) is 6.09. The maximum absolute atomic E-state index is 4.70. The average Bonchev–Trinajstić information content (AvgIpc) is 3.16. The van der Waals surface area contributed by atoms with Gasteiger partial charge in [0.05, 0.1) is 5.41 Å². The molecular weight excluding hydrogens is 314 g/mol. The fraction of sp³-hybridized carbons (Fsp3) is 0.0800. The van der Waals surface area contributed by atoms with Crippen LogP contribution < -0.4 is 0 Å². The molecule has 26 heavy (non-hydrogen) atoms. The Hall–Kier alpha value is -3.19. The zero-order valence-electron chi connectivity index (χ0n) is 14.5. The highest BCUT2D eigenvalue weighted by atomic mass is 14.7. The third-order valence-corrected chi connectivity index (χ3v) is 6.09. The molecule has 0 radical (unpaired) electrons. The molecule has 0 saturated heterocycles. The summed E-state index contributed by atoms with van der Waals surface area (Å²) in [5.41, 5.74) is 11.7. The summed E-state index contributed by atoms with van der Waals surface area (Å²) >= 11 is 0. The van der Waals surface area contributed by atoms with Gasteiger partial charge in [0.25, 0.3) is 0 Å². The van der Waals surface area contributed by atoms with Gasteiger partial charge in [-0.25, -0.2) is 0 Å². The smallest absolute Gasteiger partial charge is 0.0743 e. The van der Waals surface area contributed by atoms with Crippen molar-refractivity contribution in [2.24, 2.45) is 0 Å². The molecule has 6 rings (SSSR count). The summed E-state index contributed by atoms with van der Waals surface area (Å²) in [6, 6.07) is 28.8. The van der Waals surface area contributed by atoms with E-state index in [1.165, 1.54) is 44.5 Å². The van der Waals surface area contributed by atoms with E-state index in [1.54, 1.807) is 0 Å². The van der Waals surface area contributed by atoms with Crippen molar-refractivity contribution in [3.05, 3.63) is 113 Å². The van der Waals surface area contributed by atoms with E-state index < -0.39 is 0 Å². The Morgan fingerprint density at radius 2 is 1.04 bits per heavy atom. The van der Waals surface area contributed by atoms with Crippen molar-refractivity contribution in [3.8, 4) is 22.3 Å². The summed E-state index contributed by atoms with van der Waals surface area (Å²) in [4.78, 5) is 4.70. The van der Waals surface area contributed by atoms with Gasteiger partial charge in [-0.15, -0.1) is 0 Å². The second-order valence-electron chi connectivity index (χ2n) is 7.21. The Morgan fingerprint density at radius 3 is 1.58 bits per heavy atom. The van der Waals surface area contributed by atoms with E-state index in [-0.39, 0.29) is 5.41 Å². The number of hydrogen-bond donors (Lipinski definition) is 0. The standard InChI is InChI=1S/C25H17N/c1-16-24-20(14-15-26-16)19-10-4-7-13-23(19)25(24)21-11-5-2-8-17(21)18-9-3-6-12-22(18)25/h2-15H,1H3. The van der Waals surface area contributed by atoms with Crippen LogP contribution in [-0.4, -0.2) is 4.98 Å². The number of nitrogens with zero attached hydrogens (tertiary/aromatic N) is 1. The molecule has 1 heterocycles. The molecule has 4 aromatic rings. The minimum atomic E-state index is -0.253. The van der Waals surface area contributed by atoms with E-state index in [4.69, 9.17) is 4.98 Å². The van der Waals surface area contributed by atoms with Crippen molar-refractivity contribution in [1.29, 1.82) is 0 Å². The van der Waals surface area contributed by atoms with Gasteiger partial charge in [-0.3, -0.25) is 4.98 Å². The highest BCUT2D eigenvalue weighted by Gasteiger charge is 2.52. The fourth-order valence-corrected chi connectivity index (χ4v) is 5.24. The van der Waals surface area contributed by atoms with Gasteiger partial charge in [-0.2, -0.15) is 0 Å². The van der Waals surface area contributed by atoms with Crippen LogP contribution in [-0.2, 0) is 5.41 Å². The lowest BCUT2D eigenvalue weighted by atomic mass is 9.70. The summed E-state index contributed by atoms with van der Waals surface area (Å²) < 4.78 is 0. The van der Waals surface area contributed by atoms with Gasteiger partial charge in [0.15, 0.2) is 0 Å². The van der Waals surface area contributed by atoms with Crippen molar-refractivity contribution in [2.45, 2.75) is 12.3 Å². The zero-order valence-corrected chi connectivity index (χ0v) is 14.5. The lowest BCUT2D eigenvalue weighted by molar-refractivity contribution is 0.778. The van der Waals surface area contributed by atoms with Crippen LogP contribution in [0.2, 0.25) is 0 Å². The summed E-state index contributed by atoms with van der Waals surface area (Å²) in [7, 11) is 0. The molecule has 0 unspecified atom stereocenters. The van der Waals surface area contributed by atoms with Gasteiger partial charge in [0, 0.05) is 17.5 Å². The second-order valence-corrected chi connectivity index (χ2v) is 7.21. The molecular formula is C25H17N. The first-order valence-electron chi connectivity index (χ1n) is 9.09. The van der Waals surface area contributed by atoms with Gasteiger partial charge >= 0.3 is 0 Å². The highest BCUT2D eigenvalue weighted by Crippen LogP contribution is 2.62. The van der Waals surface area contributed by atoms with Crippen LogP contribution in [0.3, 0.4) is 0 Å². The molecule has 0 fully saturated rings. The summed E-state index contributed by atoms with van der Waals surface area (Å²) in [5, 5.41) is 0. The number of pyridine rings is 1. The van der Waals surface area contributed by atoms with Crippen LogP contribution in [0.25, 0.3) is 22.3 Å². The highest BCUT2D eigenvalue weighted by molar-refractivity contribution is 5.95. The first-order valence-corrected chi connectivity index (χ1v) is 9.09. The van der Waals surface area contributed by atoms with Gasteiger partial charge < -0.3 is 0 Å². The molecule has 0 saturated carbocycles. The third kappa shape index (κ3) is 1.42. The van der Waals surface area contributed by atoms with Crippen molar-refractivity contribution < 1.29 is 0 Å². The number of aromatic nitrogens is 1. The van der Waals surface area contributed by atoms with Gasteiger partial charge in [0.2, 0.25) is 0 Å². The van der Waals surface area contributed by atoms with Crippen LogP contribution in [0, 0.1) is 6.92 Å². The van der Waals surface area contributed by atoms with Crippen LogP contribution in [0.1, 0.15) is 27.9 Å². The van der Waals surface area contributed by atoms with Crippen molar-refractivity contribution in [1.82, 2.24) is 4.98 Å². The van der Waals surface area contributed by atoms with Crippen molar-refractivity contribution in [2.75, 3.05) is 0 Å². The van der Waals surface area contributed by atoms with E-state index in [9.17, 15) is 0 Å². The molecule has 1 aromatic heterocycles. The maximum Gasteiger partial charge on any atom is 0.0743 e. The SMILES string of the molecule is Cc1nccc2c1C1(c3ccccc3-c3ccccc31)c1ccccc1-2. The molecule has 0 atom stereocenters. The lowest BCUT2D eigenvalue weighted by Gasteiger charge is -2.31. The molecule has 0 amide bonds. The molecule has 122 valence electrons. The normalized spacial score (nSPS) is 14.7. The first kappa shape index (κ1) is 14.0. The Bertz CT molecular complexity index is 1140. The average molecular weight is 331 g/mol. The Morgan fingerprint density at radius 1 is 0.577 bits per heavy atom. The minimum absolute atomic E-state index is 0.253. The van der Waals surface area contributed by atoms with Gasteiger partial charge in [-0.05, 0) is 51.9 Å². The molecule has 2 aliphatic carbocycles. The number of hydrogen-bond acceptors (Lipinski definition) is 1. The minimum Gasteiger partial charge on any atom is -0.261 e. The maximum atomic E-state index is 4.70. The summed E-state index contributed by atoms with van der Waals surface area (Å²) in [6.45, 7) is 2.15. The molecule has 1 nitrogen and oxygen atoms in total. The van der Waals surface area contributed by atoms with Crippen molar-refractivity contribution in [3.63, 3.8) is 0 Å². The van der Waals surface area contributed by atoms with E-state index in [0.717, 1.165) is 5.69 Å². The fourth-order valence-electron chi connectivity index (χ4n) is 5.24. The quantitative estimate of drug-likeness (QED) is 0.346. The number of fused-ring (bicyclic) bond motifs is 10. The van der Waals surface area contributed by atoms with Crippen LogP contribution in [0.5, 0.6) is 0 Å². The van der Waals surface area contributed by atoms with Gasteiger partial charge in [0.1, 0.15) is 0 Å². The predicted molar refractivity (Wildman–Crippen MR) is 105 cm³/mol. The zero-order chi connectivity index (χ0) is 17.3. The molecule has 1 spiro atoms. The molecule has 1 heteroatoms. The van der Waals surface area contributed by atoms with E-state index in [2.05, 4.69) is 85.8 Å². The van der Waals surface area contributed by atoms with E-state index in [1.807, 2.05) is 6.20 Å². The number of benzene rings is 3. The molecule has 0 bridgehead atoms. The molecule has 0 N–H and O–H groups in total. The molecule has 3 aromatic carbocycles. The van der Waals surface area contributed by atoms with Crippen LogP contribution in [0.4, 0.5) is 0 Å². The Balaban J connectivity index is 1.90. The molecule has 0 aliphatic heterocycles. The number of rotatable bonds is 0. The van der Waals surface area contributed by atoms with E-state index in [0.29, 0.717) is 0 Å². The van der Waals surface area contributed by atoms with E-state index >= 15 is 0 Å². The lowest BCUT2D eigenvalue weighted by Crippen LogP contribution is -2.27. The van der Waals surface area contributed by atoms with Crippen LogP contribution >= 0.6 is 0 Å². The summed E-state index contributed by atoms with van der Waals surface area (Å²) in [5.74, 6) is 0. The molecule has 2 aliphatic rings. The Kier molecular flexibility index (Phi) is 2.54. The largest absolute Gasteiger partial charge is 0.261 e. The number of aryl methyl sites for hydroxylation is 1. The van der Waals surface area contributed by atoms with Crippen molar-refractivity contribution >= 4 is 0 Å². The first-order chi connectivity index (χ1) is 12.8. The topological polar surface area (TPSA) is 12.9 Å². The summed E-state index contributed by atoms with van der Waals surface area (Å²) in [6.07, 6.45) is 1.94. The monoisotopic (exact) mass is 331 g/mol. The van der Waals surface area contributed by atoms with Crippen LogP contribution in [0.15, 0.2) is 85.1 Å². The van der Waals surface area contributed by atoms with Gasteiger partial charge in [-0.1, -0.05) is 72.8 Å².